The summed E-state index contributed by atoms with van der Waals surface area (Å²) in [6.07, 6.45) is 1.23. The van der Waals surface area contributed by atoms with Crippen LogP contribution in [0.3, 0.4) is 0 Å². The van der Waals surface area contributed by atoms with Gasteiger partial charge in [0.2, 0.25) is 5.82 Å². The van der Waals surface area contributed by atoms with Crippen molar-refractivity contribution < 1.29 is 18.7 Å². The Kier molecular flexibility index (Phi) is 6.49. The summed E-state index contributed by atoms with van der Waals surface area (Å²) in [6.45, 7) is 4.26. The number of anilines is 1. The van der Waals surface area contributed by atoms with E-state index < -0.39 is 5.82 Å². The van der Waals surface area contributed by atoms with Gasteiger partial charge >= 0.3 is 5.97 Å². The van der Waals surface area contributed by atoms with Crippen molar-refractivity contribution in [2.45, 2.75) is 13.0 Å². The van der Waals surface area contributed by atoms with Crippen LogP contribution in [0.4, 0.5) is 10.2 Å². The molecule has 0 spiro atoms. The third-order valence-electron chi connectivity index (χ3n) is 3.63. The molecule has 1 saturated heterocycles. The third-order valence-corrected chi connectivity index (χ3v) is 3.89. The van der Waals surface area contributed by atoms with Gasteiger partial charge in [-0.05, 0) is 6.92 Å². The van der Waals surface area contributed by atoms with E-state index in [-0.39, 0.29) is 29.5 Å². The van der Waals surface area contributed by atoms with Crippen LogP contribution in [0.5, 0.6) is 0 Å². The average molecular weight is 347 g/mol. The highest BCUT2D eigenvalue weighted by Gasteiger charge is 2.31. The lowest BCUT2D eigenvalue weighted by Crippen LogP contribution is -2.56. The fraction of sp³-hybridized carbons (Fsp3) is 0.643. The van der Waals surface area contributed by atoms with Gasteiger partial charge in [-0.15, -0.1) is 0 Å². The summed E-state index contributed by atoms with van der Waals surface area (Å²) in [5.74, 6) is -0.746. The van der Waals surface area contributed by atoms with Gasteiger partial charge in [-0.25, -0.2) is 9.97 Å². The predicted octanol–water partition coefficient (Wildman–Crippen LogP) is 0.969. The van der Waals surface area contributed by atoms with Crippen molar-refractivity contribution in [1.82, 2.24) is 14.9 Å². The summed E-state index contributed by atoms with van der Waals surface area (Å²) in [7, 11) is 1.59. The van der Waals surface area contributed by atoms with E-state index in [2.05, 4.69) is 9.97 Å². The lowest BCUT2D eigenvalue weighted by molar-refractivity contribution is -0.145. The van der Waals surface area contributed by atoms with Crippen molar-refractivity contribution in [2.24, 2.45) is 0 Å². The first-order valence-corrected chi connectivity index (χ1v) is 7.74. The second-order valence-electron chi connectivity index (χ2n) is 5.13. The normalized spacial score (nSPS) is 19.0. The Morgan fingerprint density at radius 2 is 2.26 bits per heavy atom. The highest BCUT2D eigenvalue weighted by molar-refractivity contribution is 6.29. The van der Waals surface area contributed by atoms with Crippen LogP contribution in [0.1, 0.15) is 6.92 Å². The number of hydrogen-bond donors (Lipinski definition) is 0. The number of piperazine rings is 1. The number of carbonyl (C=O) groups is 1. The molecule has 0 aliphatic carbocycles. The van der Waals surface area contributed by atoms with Crippen LogP contribution in [-0.2, 0) is 14.3 Å². The number of aromatic nitrogens is 2. The van der Waals surface area contributed by atoms with Crippen LogP contribution in [0.25, 0.3) is 0 Å². The number of carbonyl (C=O) groups excluding carboxylic acids is 1. The molecule has 9 heteroatoms. The van der Waals surface area contributed by atoms with Gasteiger partial charge in [-0.3, -0.25) is 9.69 Å². The van der Waals surface area contributed by atoms with Crippen LogP contribution in [-0.4, -0.2) is 73.4 Å². The monoisotopic (exact) mass is 346 g/mol. The molecular formula is C14H20ClFN4O3. The Bertz CT molecular complexity index is 549. The number of nitrogens with zero attached hydrogens (tertiary/aromatic N) is 4. The van der Waals surface area contributed by atoms with Gasteiger partial charge in [0.1, 0.15) is 6.33 Å². The molecule has 0 amide bonds. The zero-order valence-electron chi connectivity index (χ0n) is 13.2. The van der Waals surface area contributed by atoms with Crippen molar-refractivity contribution in [2.75, 3.05) is 51.4 Å². The van der Waals surface area contributed by atoms with Crippen molar-refractivity contribution in [1.29, 1.82) is 0 Å². The molecule has 128 valence electrons. The van der Waals surface area contributed by atoms with Gasteiger partial charge in [0.15, 0.2) is 11.0 Å². The Morgan fingerprint density at radius 1 is 1.48 bits per heavy atom. The molecule has 0 bridgehead atoms. The van der Waals surface area contributed by atoms with Crippen molar-refractivity contribution in [3.63, 3.8) is 0 Å². The molecule has 0 N–H and O–H groups in total. The van der Waals surface area contributed by atoms with Crippen LogP contribution in [0.2, 0.25) is 5.15 Å². The third kappa shape index (κ3) is 4.49. The van der Waals surface area contributed by atoms with E-state index in [0.29, 0.717) is 32.8 Å². The maximum absolute atomic E-state index is 14.1. The maximum atomic E-state index is 14.1. The number of methoxy groups -OCH3 is 1. The van der Waals surface area contributed by atoms with Gasteiger partial charge in [-0.2, -0.15) is 4.39 Å². The van der Waals surface area contributed by atoms with Gasteiger partial charge in [-0.1, -0.05) is 11.6 Å². The molecule has 0 radical (unpaired) electrons. The lowest BCUT2D eigenvalue weighted by Gasteiger charge is -2.41. The van der Waals surface area contributed by atoms with Crippen LogP contribution in [0.15, 0.2) is 6.33 Å². The topological polar surface area (TPSA) is 67.8 Å². The van der Waals surface area contributed by atoms with Gasteiger partial charge in [0, 0.05) is 26.7 Å². The number of hydrogen-bond acceptors (Lipinski definition) is 7. The van der Waals surface area contributed by atoms with E-state index in [4.69, 9.17) is 21.1 Å². The first kappa shape index (κ1) is 17.8. The van der Waals surface area contributed by atoms with Gasteiger partial charge in [0.25, 0.3) is 0 Å². The zero-order chi connectivity index (χ0) is 16.8. The second-order valence-corrected chi connectivity index (χ2v) is 5.49. The molecule has 1 fully saturated rings. The standard InChI is InChI=1S/C14H20ClFN4O3/c1-3-23-11(21)7-19-4-5-20(6-10(19)8-22-2)14-12(16)13(15)17-9-18-14/h9-10H,3-8H2,1-2H3/t10-/m1/s1. The smallest absolute Gasteiger partial charge is 0.320 e. The summed E-state index contributed by atoms with van der Waals surface area (Å²) < 4.78 is 24.3. The molecule has 1 aromatic heterocycles. The Morgan fingerprint density at radius 3 is 2.96 bits per heavy atom. The minimum absolute atomic E-state index is 0.0775. The van der Waals surface area contributed by atoms with Crippen LogP contribution in [0, 0.1) is 5.82 Å². The Labute approximate surface area is 139 Å². The van der Waals surface area contributed by atoms with E-state index in [1.807, 2.05) is 4.90 Å². The highest BCUT2D eigenvalue weighted by Crippen LogP contribution is 2.23. The Balaban J connectivity index is 2.08. The van der Waals surface area contributed by atoms with Crippen LogP contribution < -0.4 is 4.90 Å². The summed E-state index contributed by atoms with van der Waals surface area (Å²) >= 11 is 5.71. The molecule has 1 aromatic rings. The second kappa shape index (κ2) is 8.37. The fourth-order valence-corrected chi connectivity index (χ4v) is 2.70. The zero-order valence-corrected chi connectivity index (χ0v) is 13.9. The lowest BCUT2D eigenvalue weighted by atomic mass is 10.1. The molecule has 2 heterocycles. The molecule has 1 aliphatic rings. The summed E-state index contributed by atoms with van der Waals surface area (Å²) in [6, 6.07) is -0.0775. The molecule has 23 heavy (non-hydrogen) atoms. The largest absolute Gasteiger partial charge is 0.465 e. The summed E-state index contributed by atoms with van der Waals surface area (Å²) in [4.78, 5) is 23.0. The molecule has 7 nitrogen and oxygen atoms in total. The van der Waals surface area contributed by atoms with E-state index in [0.717, 1.165) is 0 Å². The van der Waals surface area contributed by atoms with Crippen molar-refractivity contribution >= 4 is 23.4 Å². The van der Waals surface area contributed by atoms with Gasteiger partial charge < -0.3 is 14.4 Å². The predicted molar refractivity (Wildman–Crippen MR) is 83.1 cm³/mol. The number of rotatable bonds is 6. The van der Waals surface area contributed by atoms with Crippen molar-refractivity contribution in [3.05, 3.63) is 17.3 Å². The SMILES string of the molecule is CCOC(=O)CN1CCN(c2ncnc(Cl)c2F)C[C@@H]1COC. The van der Waals surface area contributed by atoms with E-state index in [9.17, 15) is 9.18 Å². The molecule has 1 atom stereocenters. The Hall–Kier alpha value is -1.51. The first-order valence-electron chi connectivity index (χ1n) is 7.36. The molecule has 1 aliphatic heterocycles. The quantitative estimate of drug-likeness (QED) is 0.561. The van der Waals surface area contributed by atoms with Gasteiger partial charge in [0.05, 0.1) is 25.8 Å². The van der Waals surface area contributed by atoms with Crippen LogP contribution >= 0.6 is 11.6 Å². The molecule has 0 saturated carbocycles. The average Bonchev–Trinajstić information content (AvgIpc) is 2.52. The minimum atomic E-state index is -0.635. The van der Waals surface area contributed by atoms with Crippen molar-refractivity contribution in [3.8, 4) is 0 Å². The molecular weight excluding hydrogens is 327 g/mol. The summed E-state index contributed by atoms with van der Waals surface area (Å²) in [5, 5.41) is -0.202. The van der Waals surface area contributed by atoms with E-state index >= 15 is 0 Å². The molecule has 2 rings (SSSR count). The fourth-order valence-electron chi connectivity index (χ4n) is 2.58. The number of halogens is 2. The highest BCUT2D eigenvalue weighted by atomic mass is 35.5. The first-order chi connectivity index (χ1) is 11.1. The summed E-state index contributed by atoms with van der Waals surface area (Å²) in [5.41, 5.74) is 0. The molecule has 0 unspecified atom stereocenters. The van der Waals surface area contributed by atoms with E-state index in [1.54, 1.807) is 18.9 Å². The minimum Gasteiger partial charge on any atom is -0.465 e. The molecule has 0 aromatic carbocycles. The number of ether oxygens (including phenoxy) is 2. The van der Waals surface area contributed by atoms with E-state index in [1.165, 1.54) is 6.33 Å². The number of esters is 1. The maximum Gasteiger partial charge on any atom is 0.320 e.